The number of anilines is 2. The maximum absolute atomic E-state index is 5.72. The van der Waals surface area contributed by atoms with Crippen LogP contribution in [0, 0.1) is 0 Å². The number of nitrogens with one attached hydrogen (secondary N) is 1. The van der Waals surface area contributed by atoms with Crippen molar-refractivity contribution >= 4 is 11.9 Å². The molecule has 112 valence electrons. The predicted molar refractivity (Wildman–Crippen MR) is 75.7 cm³/mol. The molecule has 0 aliphatic carbocycles. The molecule has 8 nitrogen and oxygen atoms in total. The average molecular weight is 282 g/mol. The van der Waals surface area contributed by atoms with E-state index in [9.17, 15) is 0 Å². The summed E-state index contributed by atoms with van der Waals surface area (Å²) in [7, 11) is 1.92. The van der Waals surface area contributed by atoms with Crippen molar-refractivity contribution in [3.8, 4) is 6.01 Å². The molecular formula is C12H22N6O2. The van der Waals surface area contributed by atoms with Gasteiger partial charge in [0.25, 0.3) is 0 Å². The van der Waals surface area contributed by atoms with E-state index in [0.717, 1.165) is 26.0 Å². The lowest BCUT2D eigenvalue weighted by molar-refractivity contribution is 0.0214. The molecule has 1 aromatic rings. The second-order valence-electron chi connectivity index (χ2n) is 4.69. The molecule has 0 saturated carbocycles. The van der Waals surface area contributed by atoms with E-state index in [4.69, 9.17) is 15.3 Å². The topological polar surface area (TPSA) is 98.4 Å². The maximum Gasteiger partial charge on any atom is 0.323 e. The molecule has 1 fully saturated rings. The Bertz CT molecular complexity index is 424. The fourth-order valence-corrected chi connectivity index (χ4v) is 2.11. The van der Waals surface area contributed by atoms with Gasteiger partial charge >= 0.3 is 6.01 Å². The number of nitrogen functional groups attached to an aromatic ring is 1. The number of hydrazine groups is 1. The van der Waals surface area contributed by atoms with Crippen LogP contribution in [0.3, 0.4) is 0 Å². The first-order valence-corrected chi connectivity index (χ1v) is 6.91. The standard InChI is InChI=1S/C12H22N6O2/c1-3-19-12-15-10(17-13)14-11(16-12)18(2)8-9-6-4-5-7-20-9/h9H,3-8,13H2,1-2H3,(H,14,15,16,17). The molecule has 3 N–H and O–H groups in total. The van der Waals surface area contributed by atoms with E-state index in [1.165, 1.54) is 6.42 Å². The molecule has 1 unspecified atom stereocenters. The highest BCUT2D eigenvalue weighted by molar-refractivity contribution is 5.37. The molecule has 0 radical (unpaired) electrons. The number of nitrogens with two attached hydrogens (primary N) is 1. The first-order chi connectivity index (χ1) is 9.72. The third kappa shape index (κ3) is 3.91. The number of hydrogen-bond donors (Lipinski definition) is 2. The van der Waals surface area contributed by atoms with E-state index < -0.39 is 0 Å². The van der Waals surface area contributed by atoms with Gasteiger partial charge in [-0.05, 0) is 26.2 Å². The summed E-state index contributed by atoms with van der Waals surface area (Å²) < 4.78 is 11.0. The predicted octanol–water partition coefficient (Wildman–Crippen LogP) is 0.561. The molecule has 1 aromatic heterocycles. The van der Waals surface area contributed by atoms with Crippen LogP contribution < -0.4 is 20.9 Å². The van der Waals surface area contributed by atoms with Gasteiger partial charge in [0.05, 0.1) is 12.7 Å². The minimum Gasteiger partial charge on any atom is -0.464 e. The van der Waals surface area contributed by atoms with Gasteiger partial charge < -0.3 is 14.4 Å². The van der Waals surface area contributed by atoms with Gasteiger partial charge in [-0.2, -0.15) is 15.0 Å². The Kier molecular flexibility index (Phi) is 5.31. The summed E-state index contributed by atoms with van der Waals surface area (Å²) in [5.74, 6) is 6.17. The quantitative estimate of drug-likeness (QED) is 0.577. The fourth-order valence-electron chi connectivity index (χ4n) is 2.11. The number of aromatic nitrogens is 3. The molecule has 2 rings (SSSR count). The van der Waals surface area contributed by atoms with Crippen molar-refractivity contribution < 1.29 is 9.47 Å². The Labute approximate surface area is 118 Å². The van der Waals surface area contributed by atoms with Gasteiger partial charge in [0.1, 0.15) is 0 Å². The first-order valence-electron chi connectivity index (χ1n) is 6.91. The first kappa shape index (κ1) is 14.7. The maximum atomic E-state index is 5.72. The van der Waals surface area contributed by atoms with Gasteiger partial charge in [-0.3, -0.25) is 5.43 Å². The highest BCUT2D eigenvalue weighted by Gasteiger charge is 2.18. The van der Waals surface area contributed by atoms with Gasteiger partial charge in [0.2, 0.25) is 11.9 Å². The summed E-state index contributed by atoms with van der Waals surface area (Å²) >= 11 is 0. The molecule has 1 atom stereocenters. The van der Waals surface area contributed by atoms with Crippen LogP contribution >= 0.6 is 0 Å². The third-order valence-electron chi connectivity index (χ3n) is 3.10. The Balaban J connectivity index is 2.06. The van der Waals surface area contributed by atoms with Crippen LogP contribution in [0.5, 0.6) is 6.01 Å². The second-order valence-corrected chi connectivity index (χ2v) is 4.69. The molecule has 0 aromatic carbocycles. The largest absolute Gasteiger partial charge is 0.464 e. The van der Waals surface area contributed by atoms with Gasteiger partial charge in [-0.25, -0.2) is 5.84 Å². The van der Waals surface area contributed by atoms with Crippen LogP contribution in [-0.4, -0.2) is 47.9 Å². The highest BCUT2D eigenvalue weighted by Crippen LogP contribution is 2.17. The van der Waals surface area contributed by atoms with Gasteiger partial charge in [-0.1, -0.05) is 0 Å². The molecule has 0 amide bonds. The molecule has 1 aliphatic rings. The third-order valence-corrected chi connectivity index (χ3v) is 3.10. The van der Waals surface area contributed by atoms with Crippen LogP contribution in [0.15, 0.2) is 0 Å². The number of hydrogen-bond acceptors (Lipinski definition) is 8. The summed E-state index contributed by atoms with van der Waals surface area (Å²) in [4.78, 5) is 14.5. The van der Waals surface area contributed by atoms with Crippen molar-refractivity contribution in [2.24, 2.45) is 5.84 Å². The molecule has 2 heterocycles. The molecule has 0 spiro atoms. The van der Waals surface area contributed by atoms with Crippen molar-refractivity contribution in [3.63, 3.8) is 0 Å². The van der Waals surface area contributed by atoms with Crippen molar-refractivity contribution in [2.75, 3.05) is 37.1 Å². The zero-order valence-corrected chi connectivity index (χ0v) is 12.0. The summed E-state index contributed by atoms with van der Waals surface area (Å²) in [6, 6.07) is 0.266. The minimum atomic E-state index is 0.218. The van der Waals surface area contributed by atoms with Crippen molar-refractivity contribution in [1.82, 2.24) is 15.0 Å². The molecule has 0 bridgehead atoms. The highest BCUT2D eigenvalue weighted by atomic mass is 16.5. The number of rotatable bonds is 6. The van der Waals surface area contributed by atoms with Crippen LogP contribution in [0.25, 0.3) is 0 Å². The SMILES string of the molecule is CCOc1nc(NN)nc(N(C)CC2CCCCO2)n1. The number of ether oxygens (including phenoxy) is 2. The van der Waals surface area contributed by atoms with E-state index in [-0.39, 0.29) is 18.1 Å². The zero-order valence-electron chi connectivity index (χ0n) is 12.0. The average Bonchev–Trinajstić information content (AvgIpc) is 2.48. The molecular weight excluding hydrogens is 260 g/mol. The zero-order chi connectivity index (χ0) is 14.4. The summed E-state index contributed by atoms with van der Waals surface area (Å²) in [6.45, 7) is 3.93. The Morgan fingerprint density at radius 2 is 2.25 bits per heavy atom. The van der Waals surface area contributed by atoms with E-state index in [2.05, 4.69) is 20.4 Å². The molecule has 20 heavy (non-hydrogen) atoms. The lowest BCUT2D eigenvalue weighted by Crippen LogP contribution is -2.34. The van der Waals surface area contributed by atoms with E-state index in [1.807, 2.05) is 18.9 Å². The smallest absolute Gasteiger partial charge is 0.323 e. The van der Waals surface area contributed by atoms with Gasteiger partial charge in [-0.15, -0.1) is 0 Å². The summed E-state index contributed by atoms with van der Waals surface area (Å²) in [5, 5.41) is 0. The molecule has 1 aliphatic heterocycles. The van der Waals surface area contributed by atoms with E-state index in [0.29, 0.717) is 12.6 Å². The Hall–Kier alpha value is -1.67. The molecule has 8 heteroatoms. The monoisotopic (exact) mass is 282 g/mol. The van der Waals surface area contributed by atoms with E-state index >= 15 is 0 Å². The lowest BCUT2D eigenvalue weighted by Gasteiger charge is -2.27. The van der Waals surface area contributed by atoms with Gasteiger partial charge in [0, 0.05) is 20.2 Å². The second kappa shape index (κ2) is 7.20. The van der Waals surface area contributed by atoms with Crippen molar-refractivity contribution in [2.45, 2.75) is 32.3 Å². The Morgan fingerprint density at radius 3 is 2.90 bits per heavy atom. The number of nitrogens with zero attached hydrogens (tertiary/aromatic N) is 4. The van der Waals surface area contributed by atoms with E-state index in [1.54, 1.807) is 0 Å². The van der Waals surface area contributed by atoms with Crippen LogP contribution in [-0.2, 0) is 4.74 Å². The Morgan fingerprint density at radius 1 is 1.40 bits per heavy atom. The van der Waals surface area contributed by atoms with Crippen LogP contribution in [0.2, 0.25) is 0 Å². The summed E-state index contributed by atoms with van der Waals surface area (Å²) in [5.41, 5.74) is 2.42. The van der Waals surface area contributed by atoms with Gasteiger partial charge in [0.15, 0.2) is 0 Å². The summed E-state index contributed by atoms with van der Waals surface area (Å²) in [6.07, 6.45) is 3.63. The van der Waals surface area contributed by atoms with Crippen molar-refractivity contribution in [1.29, 1.82) is 0 Å². The van der Waals surface area contributed by atoms with Crippen LogP contribution in [0.1, 0.15) is 26.2 Å². The number of likely N-dealkylation sites (N-methyl/N-ethyl adjacent to an activating group) is 1. The normalized spacial score (nSPS) is 18.6. The molecule has 1 saturated heterocycles. The lowest BCUT2D eigenvalue weighted by atomic mass is 10.1. The fraction of sp³-hybridized carbons (Fsp3) is 0.750. The van der Waals surface area contributed by atoms with Crippen molar-refractivity contribution in [3.05, 3.63) is 0 Å². The van der Waals surface area contributed by atoms with Crippen LogP contribution in [0.4, 0.5) is 11.9 Å². The minimum absolute atomic E-state index is 0.218.